The Morgan fingerprint density at radius 3 is 2.89 bits per heavy atom. The van der Waals surface area contributed by atoms with E-state index < -0.39 is 6.30 Å². The molecule has 0 saturated heterocycles. The number of nitrogens with zero attached hydrogens (tertiary/aromatic N) is 2. The molecule has 3 rings (SSSR count). The second-order valence-electron chi connectivity index (χ2n) is 4.60. The first-order chi connectivity index (χ1) is 8.48. The fourth-order valence-corrected chi connectivity index (χ4v) is 2.68. The molecule has 1 aliphatic rings. The van der Waals surface area contributed by atoms with Gasteiger partial charge in [-0.1, -0.05) is 0 Å². The summed E-state index contributed by atoms with van der Waals surface area (Å²) in [6.07, 6.45) is -1.49. The number of nitrogens with two attached hydrogens (primary N) is 1. The van der Waals surface area contributed by atoms with Crippen LogP contribution in [0.4, 0.5) is 13.2 Å². The van der Waals surface area contributed by atoms with Crippen LogP contribution in [0.25, 0.3) is 11.0 Å². The predicted molar refractivity (Wildman–Crippen MR) is 61.0 cm³/mol. The van der Waals surface area contributed by atoms with Gasteiger partial charge in [-0.3, -0.25) is 9.55 Å². The first kappa shape index (κ1) is 11.5. The summed E-state index contributed by atoms with van der Waals surface area (Å²) in [6, 6.07) is 2.90. The molecule has 2 aromatic rings. The molecule has 2 N–H and O–H groups in total. The zero-order valence-corrected chi connectivity index (χ0v) is 9.54. The highest BCUT2D eigenvalue weighted by Crippen LogP contribution is 2.37. The second kappa shape index (κ2) is 3.71. The summed E-state index contributed by atoms with van der Waals surface area (Å²) in [6.45, 7) is 0. The molecule has 1 aliphatic carbocycles. The van der Waals surface area contributed by atoms with Crippen LogP contribution < -0.4 is 5.73 Å². The standard InChI is InChI=1S/C12H12F3N3/c13-12(14,15)18-9-4-3-7(16)6-8(9)11-10(18)2-1-5-17-11/h1-2,5,7H,3-4,6,16H2. The summed E-state index contributed by atoms with van der Waals surface area (Å²) in [5, 5.41) is 0. The van der Waals surface area contributed by atoms with Gasteiger partial charge in [-0.15, -0.1) is 13.2 Å². The Labute approximate surface area is 101 Å². The van der Waals surface area contributed by atoms with E-state index in [2.05, 4.69) is 4.98 Å². The molecule has 0 spiro atoms. The molecule has 2 heterocycles. The number of hydrogen-bond acceptors (Lipinski definition) is 2. The zero-order chi connectivity index (χ0) is 12.9. The molecule has 1 atom stereocenters. The van der Waals surface area contributed by atoms with E-state index in [0.29, 0.717) is 40.6 Å². The minimum atomic E-state index is -4.41. The van der Waals surface area contributed by atoms with Crippen molar-refractivity contribution in [3.8, 4) is 0 Å². The lowest BCUT2D eigenvalue weighted by atomic mass is 9.93. The Morgan fingerprint density at radius 1 is 1.39 bits per heavy atom. The Hall–Kier alpha value is -1.56. The Bertz CT molecular complexity index is 600. The first-order valence-electron chi connectivity index (χ1n) is 5.78. The maximum atomic E-state index is 13.1. The number of aromatic nitrogens is 2. The third-order valence-electron chi connectivity index (χ3n) is 3.40. The molecule has 0 radical (unpaired) electrons. The number of alkyl halides is 3. The minimum Gasteiger partial charge on any atom is -0.327 e. The molecule has 1 unspecified atom stereocenters. The van der Waals surface area contributed by atoms with E-state index in [9.17, 15) is 13.2 Å². The van der Waals surface area contributed by atoms with E-state index in [1.54, 1.807) is 0 Å². The van der Waals surface area contributed by atoms with E-state index in [-0.39, 0.29) is 11.6 Å². The molecule has 6 heteroatoms. The SMILES string of the molecule is NC1CCc2c(c3ncccc3n2C(F)(F)F)C1. The second-order valence-corrected chi connectivity index (χ2v) is 4.60. The lowest BCUT2D eigenvalue weighted by molar-refractivity contribution is -0.202. The Kier molecular flexibility index (Phi) is 2.38. The van der Waals surface area contributed by atoms with Crippen LogP contribution in [0.1, 0.15) is 17.7 Å². The van der Waals surface area contributed by atoms with Crippen LogP contribution in [0.5, 0.6) is 0 Å². The summed E-state index contributed by atoms with van der Waals surface area (Å²) in [5.41, 5.74) is 7.37. The Balaban J connectivity index is 2.35. The maximum Gasteiger partial charge on any atom is 0.489 e. The summed E-state index contributed by atoms with van der Waals surface area (Å²) < 4.78 is 39.9. The summed E-state index contributed by atoms with van der Waals surface area (Å²) in [7, 11) is 0. The van der Waals surface area contributed by atoms with Gasteiger partial charge in [-0.2, -0.15) is 0 Å². The van der Waals surface area contributed by atoms with Crippen molar-refractivity contribution in [2.24, 2.45) is 5.73 Å². The van der Waals surface area contributed by atoms with Gasteiger partial charge in [0.05, 0.1) is 11.0 Å². The van der Waals surface area contributed by atoms with Crippen LogP contribution in [0.15, 0.2) is 18.3 Å². The molecule has 0 aliphatic heterocycles. The number of pyridine rings is 1. The van der Waals surface area contributed by atoms with Crippen molar-refractivity contribution < 1.29 is 13.2 Å². The highest BCUT2D eigenvalue weighted by Gasteiger charge is 2.38. The van der Waals surface area contributed by atoms with Crippen molar-refractivity contribution in [2.45, 2.75) is 31.6 Å². The minimum absolute atomic E-state index is 0.0770. The molecule has 2 aromatic heterocycles. The van der Waals surface area contributed by atoms with Gasteiger partial charge >= 0.3 is 6.30 Å². The summed E-state index contributed by atoms with van der Waals surface area (Å²) in [5.74, 6) is 0. The van der Waals surface area contributed by atoms with Crippen molar-refractivity contribution in [2.75, 3.05) is 0 Å². The monoisotopic (exact) mass is 255 g/mol. The number of fused-ring (bicyclic) bond motifs is 3. The smallest absolute Gasteiger partial charge is 0.327 e. The molecule has 0 fully saturated rings. The average molecular weight is 255 g/mol. The van der Waals surface area contributed by atoms with Crippen molar-refractivity contribution in [1.82, 2.24) is 9.55 Å². The molecular weight excluding hydrogens is 243 g/mol. The highest BCUT2D eigenvalue weighted by atomic mass is 19.4. The lowest BCUT2D eigenvalue weighted by Crippen LogP contribution is -2.30. The summed E-state index contributed by atoms with van der Waals surface area (Å²) >= 11 is 0. The summed E-state index contributed by atoms with van der Waals surface area (Å²) in [4.78, 5) is 4.09. The van der Waals surface area contributed by atoms with Crippen molar-refractivity contribution in [3.05, 3.63) is 29.6 Å². The van der Waals surface area contributed by atoms with E-state index >= 15 is 0 Å². The third-order valence-corrected chi connectivity index (χ3v) is 3.40. The highest BCUT2D eigenvalue weighted by molar-refractivity contribution is 5.82. The van der Waals surface area contributed by atoms with Gasteiger partial charge in [0.15, 0.2) is 0 Å². The Morgan fingerprint density at radius 2 is 2.17 bits per heavy atom. The average Bonchev–Trinajstić information content (AvgIpc) is 2.62. The van der Waals surface area contributed by atoms with Gasteiger partial charge in [0.2, 0.25) is 0 Å². The van der Waals surface area contributed by atoms with E-state index in [1.807, 2.05) is 0 Å². The molecule has 0 saturated carbocycles. The quantitative estimate of drug-likeness (QED) is 0.785. The predicted octanol–water partition coefficient (Wildman–Crippen LogP) is 2.33. The number of halogens is 3. The maximum absolute atomic E-state index is 13.1. The van der Waals surface area contributed by atoms with Gasteiger partial charge in [0, 0.05) is 23.5 Å². The van der Waals surface area contributed by atoms with Gasteiger partial charge < -0.3 is 5.73 Å². The van der Waals surface area contributed by atoms with Crippen molar-refractivity contribution in [3.63, 3.8) is 0 Å². The van der Waals surface area contributed by atoms with Crippen molar-refractivity contribution >= 4 is 11.0 Å². The van der Waals surface area contributed by atoms with Crippen LogP contribution in [0.2, 0.25) is 0 Å². The van der Waals surface area contributed by atoms with Crippen LogP contribution in [0, 0.1) is 0 Å². The molecular formula is C12H12F3N3. The lowest BCUT2D eigenvalue weighted by Gasteiger charge is -2.21. The van der Waals surface area contributed by atoms with E-state index in [1.165, 1.54) is 18.3 Å². The van der Waals surface area contributed by atoms with Gasteiger partial charge in [0.1, 0.15) is 0 Å². The van der Waals surface area contributed by atoms with Crippen LogP contribution in [-0.4, -0.2) is 15.6 Å². The largest absolute Gasteiger partial charge is 0.489 e. The van der Waals surface area contributed by atoms with Crippen LogP contribution in [-0.2, 0) is 19.1 Å². The molecule has 96 valence electrons. The number of hydrogen-bond donors (Lipinski definition) is 1. The molecule has 0 aromatic carbocycles. The molecule has 3 nitrogen and oxygen atoms in total. The first-order valence-corrected chi connectivity index (χ1v) is 5.78. The van der Waals surface area contributed by atoms with Gasteiger partial charge in [0.25, 0.3) is 0 Å². The van der Waals surface area contributed by atoms with E-state index in [0.717, 1.165) is 0 Å². The fourth-order valence-electron chi connectivity index (χ4n) is 2.68. The van der Waals surface area contributed by atoms with Gasteiger partial charge in [-0.25, -0.2) is 0 Å². The van der Waals surface area contributed by atoms with Crippen molar-refractivity contribution in [1.29, 1.82) is 0 Å². The van der Waals surface area contributed by atoms with Crippen LogP contribution in [0.3, 0.4) is 0 Å². The normalized spacial score (nSPS) is 20.1. The fraction of sp³-hybridized carbons (Fsp3) is 0.417. The third kappa shape index (κ3) is 1.59. The topological polar surface area (TPSA) is 43.8 Å². The van der Waals surface area contributed by atoms with Gasteiger partial charge in [-0.05, 0) is 31.4 Å². The van der Waals surface area contributed by atoms with Crippen LogP contribution >= 0.6 is 0 Å². The number of rotatable bonds is 0. The molecule has 0 bridgehead atoms. The molecule has 18 heavy (non-hydrogen) atoms. The zero-order valence-electron chi connectivity index (χ0n) is 9.54. The molecule has 0 amide bonds. The van der Waals surface area contributed by atoms with E-state index in [4.69, 9.17) is 5.73 Å².